The van der Waals surface area contributed by atoms with Gasteiger partial charge < -0.3 is 16.0 Å². The van der Waals surface area contributed by atoms with Crippen LogP contribution in [0.25, 0.3) is 0 Å². The quantitative estimate of drug-likeness (QED) is 0.731. The first-order valence-electron chi connectivity index (χ1n) is 8.85. The summed E-state index contributed by atoms with van der Waals surface area (Å²) in [5, 5.41) is 12.4. The van der Waals surface area contributed by atoms with E-state index in [-0.39, 0.29) is 29.8 Å². The van der Waals surface area contributed by atoms with E-state index in [1.807, 2.05) is 4.90 Å². The van der Waals surface area contributed by atoms with Gasteiger partial charge in [0.2, 0.25) is 11.8 Å². The molecule has 1 aliphatic heterocycles. The lowest BCUT2D eigenvalue weighted by Crippen LogP contribution is -2.51. The number of amides is 2. The Kier molecular flexibility index (Phi) is 4.86. The number of nitrogens with zero attached hydrogens (tertiary/aromatic N) is 2. The molecular formula is C17H26N4O2. The van der Waals surface area contributed by atoms with Gasteiger partial charge in [-0.25, -0.2) is 0 Å². The van der Waals surface area contributed by atoms with Crippen molar-refractivity contribution < 1.29 is 9.59 Å². The predicted octanol–water partition coefficient (Wildman–Crippen LogP) is 0.771. The number of nitrogens with one attached hydrogen (secondary N) is 1. The summed E-state index contributed by atoms with van der Waals surface area (Å²) in [5.41, 5.74) is 5.63. The monoisotopic (exact) mass is 318 g/mol. The lowest BCUT2D eigenvalue weighted by molar-refractivity contribution is -0.146. The van der Waals surface area contributed by atoms with E-state index in [9.17, 15) is 9.59 Å². The Labute approximate surface area is 137 Å². The molecule has 2 saturated carbocycles. The molecule has 2 aliphatic carbocycles. The normalized spacial score (nSPS) is 32.0. The van der Waals surface area contributed by atoms with Crippen molar-refractivity contribution in [2.75, 3.05) is 13.1 Å². The second-order valence-electron chi connectivity index (χ2n) is 7.21. The third-order valence-electron chi connectivity index (χ3n) is 5.66. The van der Waals surface area contributed by atoms with Crippen LogP contribution in [0.15, 0.2) is 0 Å². The minimum absolute atomic E-state index is 0.0251. The van der Waals surface area contributed by atoms with Crippen molar-refractivity contribution >= 4 is 11.8 Å². The highest BCUT2D eigenvalue weighted by molar-refractivity contribution is 6.00. The lowest BCUT2D eigenvalue weighted by atomic mass is 9.78. The van der Waals surface area contributed by atoms with Crippen molar-refractivity contribution in [3.63, 3.8) is 0 Å². The smallest absolute Gasteiger partial charge is 0.236 e. The molecule has 4 atom stereocenters. The molecule has 0 spiro atoms. The molecule has 0 aromatic heterocycles. The Hall–Kier alpha value is -1.61. The maximum absolute atomic E-state index is 13.2. The summed E-state index contributed by atoms with van der Waals surface area (Å²) in [7, 11) is 0. The summed E-state index contributed by atoms with van der Waals surface area (Å²) in [4.78, 5) is 27.1. The highest BCUT2D eigenvalue weighted by atomic mass is 16.2. The molecule has 3 rings (SSSR count). The zero-order valence-corrected chi connectivity index (χ0v) is 13.5. The molecule has 0 radical (unpaired) electrons. The Balaban J connectivity index is 1.79. The molecule has 2 amide bonds. The number of rotatable bonds is 5. The topological polar surface area (TPSA) is 99.2 Å². The number of primary amides is 1. The molecule has 0 aromatic rings. The Morgan fingerprint density at radius 2 is 1.96 bits per heavy atom. The standard InChI is InChI=1S/C17H26N4O2/c18-9-12-8-14(12)21(13-6-7-20-10-13)17(23)15(16(19)22)11-4-2-1-3-5-11/h11-15,20H,1-8,10H2,(H2,19,22). The predicted molar refractivity (Wildman–Crippen MR) is 84.9 cm³/mol. The van der Waals surface area contributed by atoms with Crippen LogP contribution in [-0.4, -0.2) is 41.9 Å². The molecule has 4 unspecified atom stereocenters. The summed E-state index contributed by atoms with van der Waals surface area (Å²) in [6.07, 6.45) is 6.73. The van der Waals surface area contributed by atoms with E-state index in [1.54, 1.807) is 0 Å². The highest BCUT2D eigenvalue weighted by Gasteiger charge is 2.50. The average molecular weight is 318 g/mol. The number of hydrogen-bond acceptors (Lipinski definition) is 4. The van der Waals surface area contributed by atoms with Crippen molar-refractivity contribution in [3.8, 4) is 6.07 Å². The van der Waals surface area contributed by atoms with Gasteiger partial charge in [-0.1, -0.05) is 19.3 Å². The van der Waals surface area contributed by atoms with Crippen LogP contribution in [0, 0.1) is 29.1 Å². The number of nitriles is 1. The molecule has 23 heavy (non-hydrogen) atoms. The first-order chi connectivity index (χ1) is 11.1. The Morgan fingerprint density at radius 1 is 1.22 bits per heavy atom. The van der Waals surface area contributed by atoms with Gasteiger partial charge in [-0.3, -0.25) is 9.59 Å². The van der Waals surface area contributed by atoms with Crippen LogP contribution in [0.1, 0.15) is 44.9 Å². The molecule has 3 aliphatic rings. The van der Waals surface area contributed by atoms with Crippen LogP contribution in [0.2, 0.25) is 0 Å². The van der Waals surface area contributed by atoms with Crippen molar-refractivity contribution in [2.24, 2.45) is 23.5 Å². The van der Waals surface area contributed by atoms with E-state index in [0.717, 1.165) is 51.6 Å². The molecule has 3 fully saturated rings. The van der Waals surface area contributed by atoms with Gasteiger partial charge in [-0.05, 0) is 38.1 Å². The SMILES string of the molecule is N#CC1CC1N(C(=O)C(C(N)=O)C1CCCCC1)C1CCNC1. The van der Waals surface area contributed by atoms with E-state index in [4.69, 9.17) is 11.0 Å². The summed E-state index contributed by atoms with van der Waals surface area (Å²) in [5.74, 6) is -1.34. The van der Waals surface area contributed by atoms with Gasteiger partial charge in [0.1, 0.15) is 5.92 Å². The van der Waals surface area contributed by atoms with Crippen molar-refractivity contribution in [1.29, 1.82) is 5.26 Å². The zero-order valence-electron chi connectivity index (χ0n) is 13.5. The fourth-order valence-electron chi connectivity index (χ4n) is 4.30. The molecule has 6 nitrogen and oxygen atoms in total. The van der Waals surface area contributed by atoms with Gasteiger partial charge in [-0.15, -0.1) is 0 Å². The van der Waals surface area contributed by atoms with Crippen LogP contribution < -0.4 is 11.1 Å². The van der Waals surface area contributed by atoms with Gasteiger partial charge in [-0.2, -0.15) is 5.26 Å². The number of carbonyl (C=O) groups is 2. The van der Waals surface area contributed by atoms with E-state index < -0.39 is 11.8 Å². The molecule has 0 aromatic carbocycles. The molecule has 0 bridgehead atoms. The largest absolute Gasteiger partial charge is 0.369 e. The number of nitrogens with two attached hydrogens (primary N) is 1. The zero-order chi connectivity index (χ0) is 16.4. The van der Waals surface area contributed by atoms with Crippen LogP contribution in [-0.2, 0) is 9.59 Å². The minimum Gasteiger partial charge on any atom is -0.369 e. The van der Waals surface area contributed by atoms with Gasteiger partial charge in [0, 0.05) is 18.6 Å². The van der Waals surface area contributed by atoms with E-state index in [1.165, 1.54) is 6.42 Å². The molecule has 1 saturated heterocycles. The highest BCUT2D eigenvalue weighted by Crippen LogP contribution is 2.40. The Bertz CT molecular complexity index is 503. The van der Waals surface area contributed by atoms with Gasteiger partial charge in [0.25, 0.3) is 0 Å². The molecule has 6 heteroatoms. The first kappa shape index (κ1) is 16.3. The fourth-order valence-corrected chi connectivity index (χ4v) is 4.30. The Morgan fingerprint density at radius 3 is 2.48 bits per heavy atom. The minimum atomic E-state index is -0.712. The van der Waals surface area contributed by atoms with Crippen LogP contribution >= 0.6 is 0 Å². The lowest BCUT2D eigenvalue weighted by Gasteiger charge is -2.35. The van der Waals surface area contributed by atoms with Crippen molar-refractivity contribution in [1.82, 2.24) is 10.2 Å². The van der Waals surface area contributed by atoms with E-state index in [0.29, 0.717) is 0 Å². The van der Waals surface area contributed by atoms with Gasteiger partial charge >= 0.3 is 0 Å². The van der Waals surface area contributed by atoms with Crippen molar-refractivity contribution in [2.45, 2.75) is 57.0 Å². The molecule has 3 N–H and O–H groups in total. The van der Waals surface area contributed by atoms with E-state index in [2.05, 4.69) is 11.4 Å². The maximum atomic E-state index is 13.2. The summed E-state index contributed by atoms with van der Waals surface area (Å²) in [6.45, 7) is 1.62. The third kappa shape index (κ3) is 3.35. The second-order valence-corrected chi connectivity index (χ2v) is 7.21. The van der Waals surface area contributed by atoms with Gasteiger partial charge in [0.15, 0.2) is 0 Å². The third-order valence-corrected chi connectivity index (χ3v) is 5.66. The number of carbonyl (C=O) groups excluding carboxylic acids is 2. The maximum Gasteiger partial charge on any atom is 0.236 e. The first-order valence-corrected chi connectivity index (χ1v) is 8.85. The van der Waals surface area contributed by atoms with Crippen molar-refractivity contribution in [3.05, 3.63) is 0 Å². The van der Waals surface area contributed by atoms with Crippen LogP contribution in [0.3, 0.4) is 0 Å². The average Bonchev–Trinajstić information content (AvgIpc) is 3.10. The van der Waals surface area contributed by atoms with E-state index >= 15 is 0 Å². The summed E-state index contributed by atoms with van der Waals surface area (Å²) >= 11 is 0. The molecule has 126 valence electrons. The molecule has 1 heterocycles. The van der Waals surface area contributed by atoms with Crippen LogP contribution in [0.4, 0.5) is 0 Å². The number of hydrogen-bond donors (Lipinski definition) is 2. The summed E-state index contributed by atoms with van der Waals surface area (Å²) < 4.78 is 0. The summed E-state index contributed by atoms with van der Waals surface area (Å²) in [6, 6.07) is 2.33. The van der Waals surface area contributed by atoms with Crippen LogP contribution in [0.5, 0.6) is 0 Å². The second kappa shape index (κ2) is 6.88. The van der Waals surface area contributed by atoms with Gasteiger partial charge in [0.05, 0.1) is 12.0 Å². The fraction of sp³-hybridized carbons (Fsp3) is 0.824. The molecular weight excluding hydrogens is 292 g/mol.